The average Bonchev–Trinajstić information content (AvgIpc) is 3.28. The van der Waals surface area contributed by atoms with Gasteiger partial charge in [-0.2, -0.15) is 0 Å². The largest absolute Gasteiger partial charge is 0.375 e. The van der Waals surface area contributed by atoms with Crippen LogP contribution in [0.1, 0.15) is 55.2 Å². The van der Waals surface area contributed by atoms with Crippen molar-refractivity contribution in [1.82, 2.24) is 15.6 Å². The fourth-order valence-electron chi connectivity index (χ4n) is 4.98. The van der Waals surface area contributed by atoms with Gasteiger partial charge in [-0.05, 0) is 37.3 Å². The first kappa shape index (κ1) is 29.7. The molecule has 4 rings (SSSR count). The number of anilines is 1. The molecule has 0 fully saturated rings. The quantitative estimate of drug-likeness (QED) is 0.161. The summed E-state index contributed by atoms with van der Waals surface area (Å²) in [6, 6.07) is 19.8. The maximum absolute atomic E-state index is 12.6. The molecule has 0 saturated heterocycles. The second kappa shape index (κ2) is 15.5. The zero-order valence-electron chi connectivity index (χ0n) is 23.0. The van der Waals surface area contributed by atoms with Gasteiger partial charge < -0.3 is 26.2 Å². The number of hydrogen-bond donors (Lipinski definition) is 4. The van der Waals surface area contributed by atoms with Crippen molar-refractivity contribution < 1.29 is 14.6 Å². The van der Waals surface area contributed by atoms with E-state index in [9.17, 15) is 9.90 Å². The van der Waals surface area contributed by atoms with E-state index in [0.717, 1.165) is 37.9 Å². The predicted molar refractivity (Wildman–Crippen MR) is 162 cm³/mol. The molecule has 2 aromatic carbocycles. The summed E-state index contributed by atoms with van der Waals surface area (Å²) < 4.78 is 5.87. The van der Waals surface area contributed by atoms with Gasteiger partial charge in [-0.1, -0.05) is 91.4 Å². The number of carbonyl (C=O) groups is 1. The summed E-state index contributed by atoms with van der Waals surface area (Å²) in [6.45, 7) is 4.12. The second-order valence-corrected chi connectivity index (χ2v) is 11.0. The lowest BCUT2D eigenvalue weighted by atomic mass is 9.93. The number of nitrogen functional groups attached to an aromatic ring is 1. The van der Waals surface area contributed by atoms with Crippen LogP contribution in [0.25, 0.3) is 0 Å². The molecule has 40 heavy (non-hydrogen) atoms. The highest BCUT2D eigenvalue weighted by atomic mass is 32.1. The van der Waals surface area contributed by atoms with Crippen molar-refractivity contribution in [2.24, 2.45) is 5.92 Å². The molecule has 1 heterocycles. The molecule has 0 aliphatic heterocycles. The fraction of sp³-hybridized carbons (Fsp3) is 0.375. The third-order valence-electron chi connectivity index (χ3n) is 7.19. The Morgan fingerprint density at radius 2 is 1.88 bits per heavy atom. The summed E-state index contributed by atoms with van der Waals surface area (Å²) in [5, 5.41) is 19.6. The first-order chi connectivity index (χ1) is 19.5. The molecule has 1 aliphatic carbocycles. The van der Waals surface area contributed by atoms with Crippen molar-refractivity contribution in [3.8, 4) is 0 Å². The SMILES string of the molecule is CCC1C=C(CCNC[C@H](CO[C@H](O)c2ccccc2)c2ccccc2)C=CC[C@@H]1NC(=O)Cc1csc(N)n1. The lowest BCUT2D eigenvalue weighted by molar-refractivity contribution is -0.121. The van der Waals surface area contributed by atoms with Gasteiger partial charge in [0.05, 0.1) is 18.7 Å². The van der Waals surface area contributed by atoms with Crippen LogP contribution < -0.4 is 16.4 Å². The van der Waals surface area contributed by atoms with Gasteiger partial charge in [0.1, 0.15) is 0 Å². The van der Waals surface area contributed by atoms with E-state index in [1.54, 1.807) is 0 Å². The van der Waals surface area contributed by atoms with E-state index in [0.29, 0.717) is 17.4 Å². The van der Waals surface area contributed by atoms with E-state index < -0.39 is 6.29 Å². The minimum Gasteiger partial charge on any atom is -0.375 e. The molecular weight excluding hydrogens is 520 g/mol. The average molecular weight is 561 g/mol. The Kier molecular flexibility index (Phi) is 11.5. The van der Waals surface area contributed by atoms with E-state index >= 15 is 0 Å². The predicted octanol–water partition coefficient (Wildman–Crippen LogP) is 5.14. The van der Waals surface area contributed by atoms with Gasteiger partial charge in [-0.3, -0.25) is 4.79 Å². The van der Waals surface area contributed by atoms with Crippen LogP contribution >= 0.6 is 11.3 Å². The lowest BCUT2D eigenvalue weighted by Gasteiger charge is -2.23. The van der Waals surface area contributed by atoms with Crippen molar-refractivity contribution in [1.29, 1.82) is 0 Å². The highest BCUT2D eigenvalue weighted by molar-refractivity contribution is 7.13. The third-order valence-corrected chi connectivity index (χ3v) is 7.91. The standard InChI is InChI=1S/C32H40N4O3S/c1-2-24-18-23(10-9-15-29(24)36-30(37)19-28-22-40-32(33)35-28)16-17-34-20-27(25-11-5-3-6-12-25)21-39-31(38)26-13-7-4-8-14-26/h3-14,18,22,24,27,29,31,34,38H,2,15-17,19-21H2,1H3,(H2,33,35)(H,36,37)/t24?,27-,29+,31+/m1/s1. The summed E-state index contributed by atoms with van der Waals surface area (Å²) in [5.74, 6) is 0.348. The normalized spacial score (nSPS) is 18.5. The molecule has 1 amide bonds. The van der Waals surface area contributed by atoms with Crippen LogP contribution in [0.5, 0.6) is 0 Å². The molecule has 0 spiro atoms. The number of ether oxygens (including phenoxy) is 1. The van der Waals surface area contributed by atoms with Crippen LogP contribution in [0.4, 0.5) is 5.13 Å². The van der Waals surface area contributed by atoms with Crippen LogP contribution in [0.2, 0.25) is 0 Å². The Hall–Kier alpha value is -3.30. The number of benzene rings is 2. The van der Waals surface area contributed by atoms with Crippen molar-refractivity contribution in [2.45, 2.75) is 50.9 Å². The van der Waals surface area contributed by atoms with Gasteiger partial charge in [-0.15, -0.1) is 11.3 Å². The van der Waals surface area contributed by atoms with Gasteiger partial charge in [0.15, 0.2) is 11.4 Å². The molecule has 0 saturated carbocycles. The van der Waals surface area contributed by atoms with Gasteiger partial charge in [0, 0.05) is 29.4 Å². The second-order valence-electron chi connectivity index (χ2n) is 10.1. The summed E-state index contributed by atoms with van der Waals surface area (Å²) in [7, 11) is 0. The Balaban J connectivity index is 1.28. The van der Waals surface area contributed by atoms with Crippen molar-refractivity contribution in [3.05, 3.63) is 107 Å². The van der Waals surface area contributed by atoms with E-state index in [1.165, 1.54) is 22.5 Å². The summed E-state index contributed by atoms with van der Waals surface area (Å²) >= 11 is 1.36. The van der Waals surface area contributed by atoms with E-state index in [4.69, 9.17) is 10.5 Å². The fourth-order valence-corrected chi connectivity index (χ4v) is 5.54. The van der Waals surface area contributed by atoms with Gasteiger partial charge >= 0.3 is 0 Å². The number of nitrogens with two attached hydrogens (primary N) is 1. The number of amides is 1. The van der Waals surface area contributed by atoms with Gasteiger partial charge in [0.2, 0.25) is 5.91 Å². The Bertz CT molecular complexity index is 1250. The number of nitrogens with zero attached hydrogens (tertiary/aromatic N) is 1. The molecular formula is C32H40N4O3S. The molecule has 7 nitrogen and oxygen atoms in total. The maximum atomic E-state index is 12.6. The number of aliphatic hydroxyl groups is 1. The topological polar surface area (TPSA) is 110 Å². The number of allylic oxidation sites excluding steroid dienone is 1. The minimum atomic E-state index is -0.951. The number of rotatable bonds is 14. The number of aromatic nitrogens is 1. The number of thiazole rings is 1. The van der Waals surface area contributed by atoms with Crippen LogP contribution in [0.15, 0.2) is 89.8 Å². The minimum absolute atomic E-state index is 0.0211. The van der Waals surface area contributed by atoms with Gasteiger partial charge in [-0.25, -0.2) is 4.98 Å². The Morgan fingerprint density at radius 1 is 1.15 bits per heavy atom. The molecule has 4 atom stereocenters. The van der Waals surface area contributed by atoms with E-state index in [-0.39, 0.29) is 30.2 Å². The van der Waals surface area contributed by atoms with Crippen LogP contribution in [0.3, 0.4) is 0 Å². The van der Waals surface area contributed by atoms with Gasteiger partial charge in [0.25, 0.3) is 0 Å². The van der Waals surface area contributed by atoms with Crippen molar-refractivity contribution in [2.75, 3.05) is 25.4 Å². The number of nitrogens with one attached hydrogen (secondary N) is 2. The van der Waals surface area contributed by atoms with Crippen molar-refractivity contribution >= 4 is 22.4 Å². The van der Waals surface area contributed by atoms with E-state index in [2.05, 4.69) is 52.9 Å². The first-order valence-electron chi connectivity index (χ1n) is 14.0. The molecule has 1 aromatic heterocycles. The zero-order valence-corrected chi connectivity index (χ0v) is 23.9. The molecule has 0 radical (unpaired) electrons. The molecule has 5 N–H and O–H groups in total. The number of carbonyl (C=O) groups excluding carboxylic acids is 1. The Morgan fingerprint density at radius 3 is 2.55 bits per heavy atom. The molecule has 0 bridgehead atoms. The third kappa shape index (κ3) is 9.13. The van der Waals surface area contributed by atoms with Crippen LogP contribution in [0, 0.1) is 5.92 Å². The first-order valence-corrected chi connectivity index (χ1v) is 14.9. The number of hydrogen-bond acceptors (Lipinski definition) is 7. The highest BCUT2D eigenvalue weighted by Gasteiger charge is 2.22. The van der Waals surface area contributed by atoms with E-state index in [1.807, 2.05) is 53.9 Å². The molecule has 1 aliphatic rings. The molecule has 212 valence electrons. The van der Waals surface area contributed by atoms with Crippen LogP contribution in [-0.4, -0.2) is 41.7 Å². The zero-order chi connectivity index (χ0) is 28.2. The highest BCUT2D eigenvalue weighted by Crippen LogP contribution is 2.23. The monoisotopic (exact) mass is 560 g/mol. The summed E-state index contributed by atoms with van der Waals surface area (Å²) in [6.07, 6.45) is 8.60. The van der Waals surface area contributed by atoms with Crippen molar-refractivity contribution in [3.63, 3.8) is 0 Å². The summed E-state index contributed by atoms with van der Waals surface area (Å²) in [4.78, 5) is 16.8. The maximum Gasteiger partial charge on any atom is 0.226 e. The molecule has 3 aromatic rings. The molecule has 8 heteroatoms. The lowest BCUT2D eigenvalue weighted by Crippen LogP contribution is -2.40. The smallest absolute Gasteiger partial charge is 0.226 e. The molecule has 1 unspecified atom stereocenters. The number of aliphatic hydroxyl groups excluding tert-OH is 1. The Labute approximate surface area is 241 Å². The van der Waals surface area contributed by atoms with Crippen LogP contribution in [-0.2, 0) is 16.0 Å². The summed E-state index contributed by atoms with van der Waals surface area (Å²) in [5.41, 5.74) is 9.62.